The number of carbonyl (C=O) groups is 1. The van der Waals surface area contributed by atoms with Gasteiger partial charge in [-0.1, -0.05) is 18.2 Å². The molecule has 0 spiro atoms. The lowest BCUT2D eigenvalue weighted by atomic mass is 10.0. The maximum atomic E-state index is 11.8. The van der Waals surface area contributed by atoms with Gasteiger partial charge in [-0.2, -0.15) is 0 Å². The van der Waals surface area contributed by atoms with Crippen LogP contribution in [0.1, 0.15) is 29.5 Å². The van der Waals surface area contributed by atoms with E-state index in [-0.39, 0.29) is 5.91 Å². The van der Waals surface area contributed by atoms with E-state index in [1.807, 2.05) is 0 Å². The largest absolute Gasteiger partial charge is 0.356 e. The normalized spacial score (nSPS) is 18.5. The van der Waals surface area contributed by atoms with Crippen LogP contribution in [0.5, 0.6) is 0 Å². The number of benzene rings is 1. The van der Waals surface area contributed by atoms with Gasteiger partial charge in [0.1, 0.15) is 0 Å². The predicted molar refractivity (Wildman–Crippen MR) is 78.2 cm³/mol. The van der Waals surface area contributed by atoms with Gasteiger partial charge in [0.15, 0.2) is 0 Å². The molecule has 1 heterocycles. The van der Waals surface area contributed by atoms with Crippen molar-refractivity contribution in [2.45, 2.75) is 33.1 Å². The molecule has 1 amide bonds. The van der Waals surface area contributed by atoms with Gasteiger partial charge < -0.3 is 10.6 Å². The van der Waals surface area contributed by atoms with Crippen LogP contribution in [0.2, 0.25) is 0 Å². The summed E-state index contributed by atoms with van der Waals surface area (Å²) >= 11 is 0. The van der Waals surface area contributed by atoms with Gasteiger partial charge >= 0.3 is 0 Å². The molecule has 19 heavy (non-hydrogen) atoms. The third-order valence-electron chi connectivity index (χ3n) is 3.94. The molecular weight excluding hydrogens is 236 g/mol. The highest BCUT2D eigenvalue weighted by molar-refractivity contribution is 5.76. The van der Waals surface area contributed by atoms with Crippen LogP contribution in [0, 0.1) is 19.8 Å². The summed E-state index contributed by atoms with van der Waals surface area (Å²) < 4.78 is 0. The number of nitrogens with one attached hydrogen (secondary N) is 2. The third kappa shape index (κ3) is 4.35. The summed E-state index contributed by atoms with van der Waals surface area (Å²) in [6.07, 6.45) is 2.71. The molecule has 1 aliphatic rings. The van der Waals surface area contributed by atoms with E-state index in [4.69, 9.17) is 0 Å². The molecule has 1 atom stereocenters. The summed E-state index contributed by atoms with van der Waals surface area (Å²) in [6, 6.07) is 6.51. The molecule has 0 saturated carbocycles. The first-order valence-corrected chi connectivity index (χ1v) is 7.18. The second kappa shape index (κ2) is 6.71. The highest BCUT2D eigenvalue weighted by Gasteiger charge is 2.17. The molecular formula is C16H24N2O. The van der Waals surface area contributed by atoms with Gasteiger partial charge in [0.05, 0.1) is 0 Å². The number of aryl methyl sites for hydroxylation is 2. The van der Waals surface area contributed by atoms with Gasteiger partial charge in [0, 0.05) is 13.0 Å². The summed E-state index contributed by atoms with van der Waals surface area (Å²) in [6.45, 7) is 7.04. The van der Waals surface area contributed by atoms with Crippen LogP contribution >= 0.6 is 0 Å². The molecule has 3 nitrogen and oxygen atoms in total. The lowest BCUT2D eigenvalue weighted by Crippen LogP contribution is -2.28. The second-order valence-corrected chi connectivity index (χ2v) is 5.58. The Hall–Kier alpha value is -1.35. The van der Waals surface area contributed by atoms with Crippen molar-refractivity contribution < 1.29 is 4.79 Å². The van der Waals surface area contributed by atoms with Crippen LogP contribution in [-0.4, -0.2) is 25.5 Å². The lowest BCUT2D eigenvalue weighted by Gasteiger charge is -2.10. The Morgan fingerprint density at radius 2 is 2.21 bits per heavy atom. The van der Waals surface area contributed by atoms with E-state index in [2.05, 4.69) is 42.7 Å². The van der Waals surface area contributed by atoms with Crippen LogP contribution in [0.4, 0.5) is 0 Å². The first-order chi connectivity index (χ1) is 9.15. The molecule has 1 aromatic carbocycles. The van der Waals surface area contributed by atoms with E-state index in [1.165, 1.54) is 16.7 Å². The molecule has 0 bridgehead atoms. The Labute approximate surface area is 115 Å². The standard InChI is InChI=1S/C16H24N2O/c1-12-3-4-14(9-13(12)2)6-8-18-16(19)10-15-5-7-17-11-15/h3-4,9,15,17H,5-8,10-11H2,1-2H3,(H,18,19). The van der Waals surface area contributed by atoms with Crippen molar-refractivity contribution in [2.75, 3.05) is 19.6 Å². The molecule has 2 N–H and O–H groups in total. The molecule has 3 heteroatoms. The van der Waals surface area contributed by atoms with Crippen molar-refractivity contribution in [3.8, 4) is 0 Å². The minimum Gasteiger partial charge on any atom is -0.356 e. The molecule has 1 aliphatic heterocycles. The number of hydrogen-bond acceptors (Lipinski definition) is 2. The highest BCUT2D eigenvalue weighted by Crippen LogP contribution is 2.12. The maximum Gasteiger partial charge on any atom is 0.220 e. The number of rotatable bonds is 5. The molecule has 0 radical (unpaired) electrons. The van der Waals surface area contributed by atoms with Crippen LogP contribution in [0.25, 0.3) is 0 Å². The van der Waals surface area contributed by atoms with Gasteiger partial charge in [-0.05, 0) is 62.4 Å². The fourth-order valence-electron chi connectivity index (χ4n) is 2.53. The monoisotopic (exact) mass is 260 g/mol. The van der Waals surface area contributed by atoms with E-state index in [0.29, 0.717) is 12.3 Å². The van der Waals surface area contributed by atoms with E-state index >= 15 is 0 Å². The summed E-state index contributed by atoms with van der Waals surface area (Å²) in [5.74, 6) is 0.721. The fourth-order valence-corrected chi connectivity index (χ4v) is 2.53. The number of amides is 1. The predicted octanol–water partition coefficient (Wildman–Crippen LogP) is 1.96. The first kappa shape index (κ1) is 14.1. The van der Waals surface area contributed by atoms with Crippen molar-refractivity contribution >= 4 is 5.91 Å². The topological polar surface area (TPSA) is 41.1 Å². The summed E-state index contributed by atoms with van der Waals surface area (Å²) in [5, 5.41) is 6.32. The van der Waals surface area contributed by atoms with E-state index in [0.717, 1.165) is 32.5 Å². The minimum absolute atomic E-state index is 0.192. The Morgan fingerprint density at radius 1 is 1.37 bits per heavy atom. The molecule has 1 aromatic rings. The van der Waals surface area contributed by atoms with Crippen molar-refractivity contribution in [3.63, 3.8) is 0 Å². The zero-order valence-electron chi connectivity index (χ0n) is 12.0. The number of hydrogen-bond donors (Lipinski definition) is 2. The second-order valence-electron chi connectivity index (χ2n) is 5.58. The van der Waals surface area contributed by atoms with Gasteiger partial charge in [-0.25, -0.2) is 0 Å². The highest BCUT2D eigenvalue weighted by atomic mass is 16.1. The van der Waals surface area contributed by atoms with Crippen LogP contribution in [0.15, 0.2) is 18.2 Å². The van der Waals surface area contributed by atoms with E-state index in [1.54, 1.807) is 0 Å². The average molecular weight is 260 g/mol. The van der Waals surface area contributed by atoms with Crippen molar-refractivity contribution in [3.05, 3.63) is 34.9 Å². The molecule has 2 rings (SSSR count). The third-order valence-corrected chi connectivity index (χ3v) is 3.94. The Morgan fingerprint density at radius 3 is 2.89 bits per heavy atom. The van der Waals surface area contributed by atoms with Crippen molar-refractivity contribution in [1.82, 2.24) is 10.6 Å². The van der Waals surface area contributed by atoms with E-state index in [9.17, 15) is 4.79 Å². The molecule has 1 fully saturated rings. The number of carbonyl (C=O) groups excluding carboxylic acids is 1. The van der Waals surface area contributed by atoms with Gasteiger partial charge in [0.25, 0.3) is 0 Å². The Kier molecular flexibility index (Phi) is 4.97. The minimum atomic E-state index is 0.192. The molecule has 104 valence electrons. The van der Waals surface area contributed by atoms with Crippen LogP contribution < -0.4 is 10.6 Å². The average Bonchev–Trinajstić information content (AvgIpc) is 2.86. The van der Waals surface area contributed by atoms with Gasteiger partial charge in [-0.15, -0.1) is 0 Å². The SMILES string of the molecule is Cc1ccc(CCNC(=O)CC2CCNC2)cc1C. The Bertz CT molecular complexity index is 436. The van der Waals surface area contributed by atoms with Crippen LogP contribution in [-0.2, 0) is 11.2 Å². The molecule has 1 unspecified atom stereocenters. The fraction of sp³-hybridized carbons (Fsp3) is 0.562. The lowest BCUT2D eigenvalue weighted by molar-refractivity contribution is -0.121. The summed E-state index contributed by atoms with van der Waals surface area (Å²) in [7, 11) is 0. The smallest absolute Gasteiger partial charge is 0.220 e. The first-order valence-electron chi connectivity index (χ1n) is 7.18. The Balaban J connectivity index is 1.70. The molecule has 0 aliphatic carbocycles. The molecule has 0 aromatic heterocycles. The van der Waals surface area contributed by atoms with Crippen LogP contribution in [0.3, 0.4) is 0 Å². The zero-order valence-corrected chi connectivity index (χ0v) is 12.0. The summed E-state index contributed by atoms with van der Waals surface area (Å²) in [5.41, 5.74) is 3.94. The quantitative estimate of drug-likeness (QED) is 0.850. The van der Waals surface area contributed by atoms with Gasteiger partial charge in [-0.3, -0.25) is 4.79 Å². The maximum absolute atomic E-state index is 11.8. The van der Waals surface area contributed by atoms with Crippen molar-refractivity contribution in [2.24, 2.45) is 5.92 Å². The summed E-state index contributed by atoms with van der Waals surface area (Å²) in [4.78, 5) is 11.8. The zero-order chi connectivity index (χ0) is 13.7. The van der Waals surface area contributed by atoms with Crippen molar-refractivity contribution in [1.29, 1.82) is 0 Å². The van der Waals surface area contributed by atoms with E-state index < -0.39 is 0 Å². The molecule has 1 saturated heterocycles. The van der Waals surface area contributed by atoms with Gasteiger partial charge in [0.2, 0.25) is 5.91 Å².